The molecule has 0 aliphatic carbocycles. The number of rotatable bonds is 3. The smallest absolute Gasteiger partial charge is 0.232 e. The SMILES string of the molecule is CC(C)(C)c1ccc(N(C=O)C2NC(=O)CS2)cc1. The highest BCUT2D eigenvalue weighted by Crippen LogP contribution is 2.27. The summed E-state index contributed by atoms with van der Waals surface area (Å²) < 4.78 is 0. The summed E-state index contributed by atoms with van der Waals surface area (Å²) in [6.07, 6.45) is 0.759. The maximum Gasteiger partial charge on any atom is 0.232 e. The lowest BCUT2D eigenvalue weighted by molar-refractivity contribution is -0.118. The first kappa shape index (κ1) is 13.9. The predicted octanol–water partition coefficient (Wildman–Crippen LogP) is 2.09. The first-order chi connectivity index (χ1) is 8.91. The average molecular weight is 278 g/mol. The van der Waals surface area contributed by atoms with E-state index in [-0.39, 0.29) is 16.8 Å². The molecule has 0 bridgehead atoms. The second-order valence-corrected chi connectivity index (χ2v) is 6.61. The topological polar surface area (TPSA) is 49.4 Å². The van der Waals surface area contributed by atoms with E-state index < -0.39 is 0 Å². The van der Waals surface area contributed by atoms with Gasteiger partial charge >= 0.3 is 0 Å². The van der Waals surface area contributed by atoms with Crippen LogP contribution in [0.2, 0.25) is 0 Å². The number of thioether (sulfide) groups is 1. The van der Waals surface area contributed by atoms with Crippen molar-refractivity contribution < 1.29 is 9.59 Å². The first-order valence-electron chi connectivity index (χ1n) is 6.17. The molecule has 1 atom stereocenters. The number of hydrogen-bond acceptors (Lipinski definition) is 3. The van der Waals surface area contributed by atoms with Crippen LogP contribution in [0.5, 0.6) is 0 Å². The lowest BCUT2D eigenvalue weighted by Gasteiger charge is -2.25. The quantitative estimate of drug-likeness (QED) is 0.861. The minimum atomic E-state index is -0.300. The van der Waals surface area contributed by atoms with Gasteiger partial charge in [-0.15, -0.1) is 11.8 Å². The van der Waals surface area contributed by atoms with Crippen molar-refractivity contribution in [1.29, 1.82) is 0 Å². The van der Waals surface area contributed by atoms with Gasteiger partial charge in [-0.2, -0.15) is 0 Å². The Hall–Kier alpha value is -1.49. The number of nitrogens with one attached hydrogen (secondary N) is 1. The molecule has 0 radical (unpaired) electrons. The Kier molecular flexibility index (Phi) is 3.85. The van der Waals surface area contributed by atoms with Crippen molar-refractivity contribution in [2.75, 3.05) is 10.7 Å². The number of amides is 2. The molecule has 1 fully saturated rings. The van der Waals surface area contributed by atoms with Gasteiger partial charge in [-0.25, -0.2) is 0 Å². The van der Waals surface area contributed by atoms with Gasteiger partial charge in [0.2, 0.25) is 12.3 Å². The monoisotopic (exact) mass is 278 g/mol. The molecule has 5 heteroatoms. The Morgan fingerprint density at radius 1 is 1.32 bits per heavy atom. The van der Waals surface area contributed by atoms with Crippen LogP contribution in [0.1, 0.15) is 26.3 Å². The van der Waals surface area contributed by atoms with E-state index in [1.165, 1.54) is 17.3 Å². The Labute approximate surface area is 117 Å². The van der Waals surface area contributed by atoms with Crippen molar-refractivity contribution in [2.45, 2.75) is 31.7 Å². The van der Waals surface area contributed by atoms with E-state index in [1.54, 1.807) is 4.90 Å². The van der Waals surface area contributed by atoms with Gasteiger partial charge in [0.1, 0.15) is 0 Å². The van der Waals surface area contributed by atoms with Crippen molar-refractivity contribution in [1.82, 2.24) is 5.32 Å². The summed E-state index contributed by atoms with van der Waals surface area (Å²) in [6, 6.07) is 7.88. The van der Waals surface area contributed by atoms with Gasteiger partial charge < -0.3 is 5.32 Å². The summed E-state index contributed by atoms with van der Waals surface area (Å²) in [5.41, 5.74) is 1.79. The second kappa shape index (κ2) is 5.25. The fourth-order valence-electron chi connectivity index (χ4n) is 1.91. The van der Waals surface area contributed by atoms with E-state index >= 15 is 0 Å². The third-order valence-electron chi connectivity index (χ3n) is 3.05. The number of nitrogens with zero attached hydrogens (tertiary/aromatic N) is 1. The molecule has 1 aliphatic heterocycles. The third kappa shape index (κ3) is 3.10. The summed E-state index contributed by atoms with van der Waals surface area (Å²) >= 11 is 1.42. The molecule has 1 N–H and O–H groups in total. The molecule has 1 heterocycles. The van der Waals surface area contributed by atoms with Gasteiger partial charge in [-0.3, -0.25) is 14.5 Å². The molecule has 1 unspecified atom stereocenters. The highest BCUT2D eigenvalue weighted by molar-refractivity contribution is 8.01. The molecule has 1 aromatic rings. The van der Waals surface area contributed by atoms with Crippen molar-refractivity contribution in [2.24, 2.45) is 0 Å². The minimum Gasteiger partial charge on any atom is -0.326 e. The second-order valence-electron chi connectivity index (χ2n) is 5.54. The standard InChI is InChI=1S/C14H18N2O2S/c1-14(2,3)10-4-6-11(7-5-10)16(9-17)13-15-12(18)8-19-13/h4-7,9,13H,8H2,1-3H3,(H,15,18). The molecule has 19 heavy (non-hydrogen) atoms. The number of carbonyl (C=O) groups is 2. The molecule has 0 aromatic heterocycles. The largest absolute Gasteiger partial charge is 0.326 e. The van der Waals surface area contributed by atoms with Gasteiger partial charge in [0.15, 0.2) is 5.50 Å². The highest BCUT2D eigenvalue weighted by Gasteiger charge is 2.27. The molecule has 0 spiro atoms. The molecule has 4 nitrogen and oxygen atoms in total. The van der Waals surface area contributed by atoms with Crippen LogP contribution in [0, 0.1) is 0 Å². The van der Waals surface area contributed by atoms with Crippen LogP contribution >= 0.6 is 11.8 Å². The number of carbonyl (C=O) groups excluding carboxylic acids is 2. The predicted molar refractivity (Wildman–Crippen MR) is 78.1 cm³/mol. The van der Waals surface area contributed by atoms with Gasteiger partial charge in [-0.05, 0) is 23.1 Å². The van der Waals surface area contributed by atoms with Crippen LogP contribution in [0.25, 0.3) is 0 Å². The molecule has 2 amide bonds. The lowest BCUT2D eigenvalue weighted by Crippen LogP contribution is -2.40. The van der Waals surface area contributed by atoms with Crippen molar-refractivity contribution in [3.05, 3.63) is 29.8 Å². The van der Waals surface area contributed by atoms with Crippen LogP contribution in [-0.4, -0.2) is 23.6 Å². The molecule has 1 aliphatic rings. The number of hydrogen-bond donors (Lipinski definition) is 1. The average Bonchev–Trinajstić information content (AvgIpc) is 2.76. The van der Waals surface area contributed by atoms with Gasteiger partial charge in [0.25, 0.3) is 0 Å². The zero-order chi connectivity index (χ0) is 14.0. The molecule has 102 valence electrons. The van der Waals surface area contributed by atoms with E-state index in [9.17, 15) is 9.59 Å². The summed E-state index contributed by atoms with van der Waals surface area (Å²) in [5.74, 6) is 0.364. The maximum atomic E-state index is 11.2. The van der Waals surface area contributed by atoms with Crippen molar-refractivity contribution in [3.63, 3.8) is 0 Å². The summed E-state index contributed by atoms with van der Waals surface area (Å²) in [5, 5.41) is 2.77. The molecule has 1 aromatic carbocycles. The maximum absolute atomic E-state index is 11.2. The van der Waals surface area contributed by atoms with Crippen LogP contribution in [0.3, 0.4) is 0 Å². The molecular weight excluding hydrogens is 260 g/mol. The van der Waals surface area contributed by atoms with E-state index in [0.29, 0.717) is 5.75 Å². The minimum absolute atomic E-state index is 0.0341. The van der Waals surface area contributed by atoms with Gasteiger partial charge in [-0.1, -0.05) is 32.9 Å². The first-order valence-corrected chi connectivity index (χ1v) is 7.22. The fourth-order valence-corrected chi connectivity index (χ4v) is 2.85. The van der Waals surface area contributed by atoms with E-state index in [4.69, 9.17) is 0 Å². The van der Waals surface area contributed by atoms with E-state index in [1.807, 2.05) is 24.3 Å². The normalized spacial score (nSPS) is 19.1. The fraction of sp³-hybridized carbons (Fsp3) is 0.429. The van der Waals surface area contributed by atoms with Crippen molar-refractivity contribution >= 4 is 29.8 Å². The Bertz CT molecular complexity index is 479. The molecule has 0 saturated carbocycles. The van der Waals surface area contributed by atoms with Gasteiger partial charge in [0, 0.05) is 5.69 Å². The zero-order valence-electron chi connectivity index (χ0n) is 11.3. The van der Waals surface area contributed by atoms with E-state index in [2.05, 4.69) is 26.1 Å². The van der Waals surface area contributed by atoms with Crippen molar-refractivity contribution in [3.8, 4) is 0 Å². The van der Waals surface area contributed by atoms with E-state index in [0.717, 1.165) is 12.1 Å². The lowest BCUT2D eigenvalue weighted by atomic mass is 9.87. The Morgan fingerprint density at radius 2 is 1.95 bits per heavy atom. The zero-order valence-corrected chi connectivity index (χ0v) is 12.2. The number of anilines is 1. The molecule has 1 saturated heterocycles. The summed E-state index contributed by atoms with van der Waals surface area (Å²) in [4.78, 5) is 24.0. The van der Waals surface area contributed by atoms with Crippen LogP contribution < -0.4 is 10.2 Å². The molecular formula is C14H18N2O2S. The Morgan fingerprint density at radius 3 is 2.37 bits per heavy atom. The summed E-state index contributed by atoms with van der Waals surface area (Å²) in [7, 11) is 0. The third-order valence-corrected chi connectivity index (χ3v) is 4.14. The highest BCUT2D eigenvalue weighted by atomic mass is 32.2. The van der Waals surface area contributed by atoms with Crippen LogP contribution in [0.15, 0.2) is 24.3 Å². The van der Waals surface area contributed by atoms with Gasteiger partial charge in [0.05, 0.1) is 5.75 Å². The Balaban J connectivity index is 2.20. The van der Waals surface area contributed by atoms with Crippen LogP contribution in [-0.2, 0) is 15.0 Å². The summed E-state index contributed by atoms with van der Waals surface area (Å²) in [6.45, 7) is 6.44. The number of benzene rings is 1. The molecule has 2 rings (SSSR count). The van der Waals surface area contributed by atoms with Crippen LogP contribution in [0.4, 0.5) is 5.69 Å².